The molecule has 27 heteroatoms. The Labute approximate surface area is 378 Å². The molecule has 0 aliphatic heterocycles. The summed E-state index contributed by atoms with van der Waals surface area (Å²) in [6.07, 6.45) is -2.61. The maximum Gasteiger partial charge on any atom is 0.328 e. The average molecular weight is 939 g/mol. The Balaban J connectivity index is 2.96. The fourth-order valence-electron chi connectivity index (χ4n) is 5.65. The third-order valence-electron chi connectivity index (χ3n) is 9.33. The predicted octanol–water partition coefficient (Wildman–Crippen LogP) is -6.54. The minimum atomic E-state index is -1.77. The number of aromatic hydroxyl groups is 1. The van der Waals surface area contributed by atoms with E-state index in [-0.39, 0.29) is 37.5 Å². The van der Waals surface area contributed by atoms with E-state index in [1.165, 1.54) is 26.0 Å². The number of phenols is 1. The molecule has 0 aliphatic rings. The van der Waals surface area contributed by atoms with Gasteiger partial charge in [-0.2, -0.15) is 0 Å². The third kappa shape index (κ3) is 21.5. The van der Waals surface area contributed by atoms with Gasteiger partial charge < -0.3 is 85.3 Å². The lowest BCUT2D eigenvalue weighted by atomic mass is 10.0. The van der Waals surface area contributed by atoms with Gasteiger partial charge in [-0.25, -0.2) is 4.79 Å². The standard InChI is InChI=1S/C39H62N12O15/c1-18(2)30(50-32(59)19(3)46-33(60)23(40)14-21-7-9-22(54)10-8-21)37(64)51-31(20(4)53)36(63)45-16-28(56)47-24(6-5-13-43-39(41)42)34(61)44-15-27(55)48-25(11-12-29(57)58)35(62)49-26(17-52)38(65)66/h7-10,18-20,23-26,30-31,52-54H,5-6,11-17,40H2,1-4H3,(H,44,61)(H,45,63)(H,46,60)(H,47,56)(H,48,55)(H,49,62)(H,50,59)(H,51,64)(H,57,58)(H,65,66)(H4,41,42,43)/t19-,20+,23-,24-,25-,26-,30-,31-/m0/s1. The lowest BCUT2D eigenvalue weighted by Gasteiger charge is -2.27. The van der Waals surface area contributed by atoms with Crippen molar-refractivity contribution in [3.05, 3.63) is 29.8 Å². The molecule has 0 aliphatic carbocycles. The van der Waals surface area contributed by atoms with Gasteiger partial charge in [-0.1, -0.05) is 26.0 Å². The van der Waals surface area contributed by atoms with Gasteiger partial charge in [0.1, 0.15) is 42.0 Å². The van der Waals surface area contributed by atoms with Crippen LogP contribution >= 0.6 is 0 Å². The third-order valence-corrected chi connectivity index (χ3v) is 9.33. The summed E-state index contributed by atoms with van der Waals surface area (Å²) in [6, 6.07) is -3.93. The SMILES string of the molecule is CC(C)[C@H](NC(=O)[C@H](C)NC(=O)[C@@H](N)Cc1ccc(O)cc1)C(=O)N[C@H](C(=O)NCC(=O)N[C@@H](CCCN=C(N)N)C(=O)NCC(=O)N[C@@H](CCC(=O)O)C(=O)N[C@@H](CO)C(=O)O)[C@@H](C)O. The normalized spacial score (nSPS) is 14.5. The van der Waals surface area contributed by atoms with Gasteiger partial charge in [0.2, 0.25) is 47.3 Å². The number of nitrogens with one attached hydrogen (secondary N) is 8. The van der Waals surface area contributed by atoms with Crippen LogP contribution in [0.4, 0.5) is 0 Å². The summed E-state index contributed by atoms with van der Waals surface area (Å²) in [6.45, 7) is 3.04. The summed E-state index contributed by atoms with van der Waals surface area (Å²) < 4.78 is 0. The van der Waals surface area contributed by atoms with Crippen LogP contribution in [0.25, 0.3) is 0 Å². The largest absolute Gasteiger partial charge is 0.508 e. The van der Waals surface area contributed by atoms with Crippen LogP contribution in [0, 0.1) is 5.92 Å². The highest BCUT2D eigenvalue weighted by molar-refractivity contribution is 5.97. The van der Waals surface area contributed by atoms with E-state index in [1.54, 1.807) is 26.0 Å². The lowest BCUT2D eigenvalue weighted by molar-refractivity contribution is -0.144. The van der Waals surface area contributed by atoms with Crippen molar-refractivity contribution >= 4 is 65.2 Å². The van der Waals surface area contributed by atoms with Crippen LogP contribution in [0.3, 0.4) is 0 Å². The zero-order chi connectivity index (χ0) is 50.3. The maximum absolute atomic E-state index is 13.4. The molecule has 19 N–H and O–H groups in total. The second-order valence-corrected chi connectivity index (χ2v) is 15.3. The number of rotatable bonds is 29. The average Bonchev–Trinajstić information content (AvgIpc) is 3.24. The Bertz CT molecular complexity index is 1890. The van der Waals surface area contributed by atoms with E-state index in [1.807, 2.05) is 5.32 Å². The zero-order valence-corrected chi connectivity index (χ0v) is 36.9. The topological polar surface area (TPSA) is 459 Å². The monoisotopic (exact) mass is 938 g/mol. The summed E-state index contributed by atoms with van der Waals surface area (Å²) in [7, 11) is 0. The molecule has 368 valence electrons. The number of hydrogen-bond acceptors (Lipinski definition) is 15. The molecule has 0 bridgehead atoms. The molecule has 1 aromatic carbocycles. The number of guanidine groups is 1. The number of benzene rings is 1. The summed E-state index contributed by atoms with van der Waals surface area (Å²) in [5, 5.41) is 65.5. The number of aliphatic imine (C=N–C) groups is 1. The highest BCUT2D eigenvalue weighted by atomic mass is 16.4. The minimum absolute atomic E-state index is 0.00212. The van der Waals surface area contributed by atoms with Gasteiger partial charge in [0.25, 0.3) is 0 Å². The molecule has 66 heavy (non-hydrogen) atoms. The molecule has 0 saturated carbocycles. The number of carbonyl (C=O) groups excluding carboxylic acids is 8. The molecule has 0 saturated heterocycles. The maximum atomic E-state index is 13.4. The van der Waals surface area contributed by atoms with Gasteiger partial charge in [0, 0.05) is 13.0 Å². The Morgan fingerprint density at radius 2 is 1.20 bits per heavy atom. The Kier molecular flexibility index (Phi) is 24.7. The number of nitrogens with two attached hydrogens (primary N) is 3. The molecule has 1 aromatic rings. The van der Waals surface area contributed by atoms with Gasteiger partial charge in [0.15, 0.2) is 5.96 Å². The van der Waals surface area contributed by atoms with E-state index in [0.29, 0.717) is 5.56 Å². The van der Waals surface area contributed by atoms with Crippen LogP contribution in [0.5, 0.6) is 5.75 Å². The number of nitrogens with zero attached hydrogens (tertiary/aromatic N) is 1. The first-order valence-corrected chi connectivity index (χ1v) is 20.5. The van der Waals surface area contributed by atoms with Crippen LogP contribution in [0.15, 0.2) is 29.3 Å². The number of hydrogen-bond donors (Lipinski definition) is 16. The number of amides is 8. The molecule has 1 rings (SSSR count). The lowest BCUT2D eigenvalue weighted by Crippen LogP contribution is -2.60. The molecule has 0 heterocycles. The molecule has 27 nitrogen and oxygen atoms in total. The van der Waals surface area contributed by atoms with Crippen molar-refractivity contribution in [3.63, 3.8) is 0 Å². The summed E-state index contributed by atoms with van der Waals surface area (Å²) in [4.78, 5) is 130. The fourth-order valence-corrected chi connectivity index (χ4v) is 5.65. The molecule has 8 amide bonds. The summed E-state index contributed by atoms with van der Waals surface area (Å²) >= 11 is 0. The second-order valence-electron chi connectivity index (χ2n) is 15.3. The first-order chi connectivity index (χ1) is 30.9. The number of phenolic OH excluding ortho intramolecular Hbond substituents is 1. The van der Waals surface area contributed by atoms with Gasteiger partial charge >= 0.3 is 11.9 Å². The highest BCUT2D eigenvalue weighted by Crippen LogP contribution is 2.11. The molecular formula is C39H62N12O15. The van der Waals surface area contributed by atoms with Crippen LogP contribution in [0.1, 0.15) is 58.9 Å². The zero-order valence-electron chi connectivity index (χ0n) is 36.9. The molecule has 0 aromatic heterocycles. The molecule has 0 fully saturated rings. The number of carboxylic acids is 2. The number of aliphatic hydroxyl groups is 2. The predicted molar refractivity (Wildman–Crippen MR) is 231 cm³/mol. The van der Waals surface area contributed by atoms with E-state index >= 15 is 0 Å². The van der Waals surface area contributed by atoms with Gasteiger partial charge in [-0.15, -0.1) is 0 Å². The number of aliphatic hydroxyl groups excluding tert-OH is 2. The molecule has 0 unspecified atom stereocenters. The Morgan fingerprint density at radius 3 is 1.70 bits per heavy atom. The van der Waals surface area contributed by atoms with Crippen LogP contribution in [0.2, 0.25) is 0 Å². The first-order valence-electron chi connectivity index (χ1n) is 20.5. The molecule has 8 atom stereocenters. The van der Waals surface area contributed by atoms with Crippen molar-refractivity contribution < 1.29 is 73.5 Å². The van der Waals surface area contributed by atoms with Gasteiger partial charge in [-0.05, 0) is 63.1 Å². The quantitative estimate of drug-likeness (QED) is 0.0202. The van der Waals surface area contributed by atoms with Crippen LogP contribution in [-0.2, 0) is 54.4 Å². The van der Waals surface area contributed by atoms with Crippen molar-refractivity contribution in [1.82, 2.24) is 42.5 Å². The van der Waals surface area contributed by atoms with E-state index in [0.717, 1.165) is 0 Å². The molecule has 0 radical (unpaired) electrons. The van der Waals surface area contributed by atoms with E-state index in [4.69, 9.17) is 27.4 Å². The van der Waals surface area contributed by atoms with Crippen LogP contribution < -0.4 is 59.7 Å². The number of carboxylic acid groups (broad SMARTS) is 2. The smallest absolute Gasteiger partial charge is 0.328 e. The minimum Gasteiger partial charge on any atom is -0.508 e. The highest BCUT2D eigenvalue weighted by Gasteiger charge is 2.33. The van der Waals surface area contributed by atoms with Crippen molar-refractivity contribution in [2.45, 2.75) is 108 Å². The van der Waals surface area contributed by atoms with Crippen molar-refractivity contribution in [2.75, 3.05) is 26.2 Å². The Hall–Kier alpha value is -7.13. The van der Waals surface area contributed by atoms with E-state index in [2.05, 4.69) is 42.2 Å². The summed E-state index contributed by atoms with van der Waals surface area (Å²) in [5.74, 6) is -11.3. The van der Waals surface area contributed by atoms with Gasteiger partial charge in [0.05, 0.1) is 31.8 Å². The van der Waals surface area contributed by atoms with Crippen molar-refractivity contribution in [3.8, 4) is 5.75 Å². The second kappa shape index (κ2) is 28.6. The first kappa shape index (κ1) is 56.9. The molecular weight excluding hydrogens is 876 g/mol. The van der Waals surface area contributed by atoms with E-state index < -0.39 is 146 Å². The van der Waals surface area contributed by atoms with Crippen LogP contribution in [-0.4, -0.2) is 165 Å². The Morgan fingerprint density at radius 1 is 0.652 bits per heavy atom. The molecule has 0 spiro atoms. The van der Waals surface area contributed by atoms with Crippen molar-refractivity contribution in [2.24, 2.45) is 28.1 Å². The fraction of sp³-hybridized carbons (Fsp3) is 0.564. The summed E-state index contributed by atoms with van der Waals surface area (Å²) in [5.41, 5.74) is 17.3. The number of aliphatic carboxylic acids is 2. The van der Waals surface area contributed by atoms with Crippen molar-refractivity contribution in [1.29, 1.82) is 0 Å². The number of carbonyl (C=O) groups is 10. The van der Waals surface area contributed by atoms with Gasteiger partial charge in [-0.3, -0.25) is 48.1 Å². The van der Waals surface area contributed by atoms with E-state index in [9.17, 15) is 63.3 Å².